The molecule has 0 saturated carbocycles. The van der Waals surface area contributed by atoms with Gasteiger partial charge >= 0.3 is 10.2 Å². The molecule has 0 spiro atoms. The molecule has 7 heteroatoms. The van der Waals surface area contributed by atoms with Crippen LogP contribution in [0.2, 0.25) is 0 Å². The van der Waals surface area contributed by atoms with Crippen molar-refractivity contribution in [1.82, 2.24) is 4.31 Å². The number of rotatable bonds is 3. The summed E-state index contributed by atoms with van der Waals surface area (Å²) in [5.74, 6) is 0. The smallest absolute Gasteiger partial charge is 0.301 e. The molecule has 1 saturated heterocycles. The second-order valence-corrected chi connectivity index (χ2v) is 6.31. The third-order valence-corrected chi connectivity index (χ3v) is 4.74. The molecule has 1 aromatic carbocycles. The van der Waals surface area contributed by atoms with E-state index < -0.39 is 10.2 Å². The monoisotopic (exact) mass is 285 g/mol. The zero-order valence-electron chi connectivity index (χ0n) is 11.1. The third kappa shape index (κ3) is 3.17. The molecule has 1 aliphatic heterocycles. The number of morpholine rings is 1. The van der Waals surface area contributed by atoms with Crippen LogP contribution in [0.1, 0.15) is 11.1 Å². The average Bonchev–Trinajstić information content (AvgIpc) is 2.37. The molecule has 1 heterocycles. The van der Waals surface area contributed by atoms with Crippen LogP contribution in [0.5, 0.6) is 0 Å². The van der Waals surface area contributed by atoms with Crippen LogP contribution in [0.4, 0.5) is 11.4 Å². The van der Waals surface area contributed by atoms with Crippen LogP contribution in [0.3, 0.4) is 0 Å². The lowest BCUT2D eigenvalue weighted by atomic mass is 10.1. The first-order valence-corrected chi connectivity index (χ1v) is 7.56. The Morgan fingerprint density at radius 3 is 2.42 bits per heavy atom. The summed E-state index contributed by atoms with van der Waals surface area (Å²) in [6.45, 7) is 5.42. The quantitative estimate of drug-likeness (QED) is 0.807. The van der Waals surface area contributed by atoms with Crippen molar-refractivity contribution in [3.8, 4) is 0 Å². The van der Waals surface area contributed by atoms with Crippen molar-refractivity contribution in [3.05, 3.63) is 23.3 Å². The molecule has 0 radical (unpaired) electrons. The van der Waals surface area contributed by atoms with E-state index in [0.717, 1.165) is 11.1 Å². The van der Waals surface area contributed by atoms with Crippen LogP contribution in [-0.2, 0) is 14.9 Å². The molecular weight excluding hydrogens is 266 g/mol. The van der Waals surface area contributed by atoms with Gasteiger partial charge in [-0.05, 0) is 37.1 Å². The van der Waals surface area contributed by atoms with E-state index in [4.69, 9.17) is 10.5 Å². The molecule has 19 heavy (non-hydrogen) atoms. The van der Waals surface area contributed by atoms with E-state index in [-0.39, 0.29) is 0 Å². The van der Waals surface area contributed by atoms with Crippen LogP contribution in [0.15, 0.2) is 12.1 Å². The van der Waals surface area contributed by atoms with E-state index in [2.05, 4.69) is 4.72 Å². The Kier molecular flexibility index (Phi) is 3.98. The topological polar surface area (TPSA) is 84.7 Å². The zero-order chi connectivity index (χ0) is 14.0. The van der Waals surface area contributed by atoms with E-state index >= 15 is 0 Å². The second kappa shape index (κ2) is 5.36. The number of hydrogen-bond donors (Lipinski definition) is 2. The summed E-state index contributed by atoms with van der Waals surface area (Å²) in [5.41, 5.74) is 8.74. The highest BCUT2D eigenvalue weighted by atomic mass is 32.2. The molecule has 2 rings (SSSR count). The summed E-state index contributed by atoms with van der Waals surface area (Å²) in [6, 6.07) is 3.52. The van der Waals surface area contributed by atoms with Gasteiger partial charge in [0.1, 0.15) is 0 Å². The number of nitrogens with zero attached hydrogens (tertiary/aromatic N) is 1. The van der Waals surface area contributed by atoms with Crippen LogP contribution in [0, 0.1) is 13.8 Å². The van der Waals surface area contributed by atoms with E-state index in [9.17, 15) is 8.42 Å². The molecule has 0 aliphatic carbocycles. The first-order chi connectivity index (χ1) is 8.90. The van der Waals surface area contributed by atoms with E-state index in [1.54, 1.807) is 12.1 Å². The summed E-state index contributed by atoms with van der Waals surface area (Å²) < 4.78 is 33.5. The van der Waals surface area contributed by atoms with Crippen molar-refractivity contribution in [2.75, 3.05) is 36.8 Å². The molecule has 0 unspecified atom stereocenters. The molecule has 1 fully saturated rings. The van der Waals surface area contributed by atoms with Crippen molar-refractivity contribution in [2.45, 2.75) is 13.8 Å². The van der Waals surface area contributed by atoms with Crippen molar-refractivity contribution >= 4 is 21.6 Å². The maximum Gasteiger partial charge on any atom is 0.301 e. The van der Waals surface area contributed by atoms with Gasteiger partial charge in [-0.1, -0.05) is 0 Å². The van der Waals surface area contributed by atoms with Crippen molar-refractivity contribution in [1.29, 1.82) is 0 Å². The lowest BCUT2D eigenvalue weighted by molar-refractivity contribution is 0.0733. The Labute approximate surface area is 113 Å². The predicted octanol–water partition coefficient (Wildman–Crippen LogP) is 0.875. The fourth-order valence-electron chi connectivity index (χ4n) is 1.92. The molecule has 0 amide bonds. The summed E-state index contributed by atoms with van der Waals surface area (Å²) >= 11 is 0. The number of benzene rings is 1. The standard InChI is InChI=1S/C12H19N3O3S/c1-9-7-11(13)12(8-10(9)2)14-19(16,17)15-3-5-18-6-4-15/h7-8,14H,3-6,13H2,1-2H3. The summed E-state index contributed by atoms with van der Waals surface area (Å²) in [4.78, 5) is 0. The number of nitrogens with two attached hydrogens (primary N) is 1. The first-order valence-electron chi connectivity index (χ1n) is 6.12. The minimum atomic E-state index is -3.57. The molecule has 6 nitrogen and oxygen atoms in total. The number of ether oxygens (including phenoxy) is 1. The molecule has 1 aliphatic rings. The first kappa shape index (κ1) is 14.1. The van der Waals surface area contributed by atoms with Gasteiger partial charge in [0.05, 0.1) is 24.6 Å². The van der Waals surface area contributed by atoms with Gasteiger partial charge in [-0.25, -0.2) is 0 Å². The fourth-order valence-corrected chi connectivity index (χ4v) is 3.13. The SMILES string of the molecule is Cc1cc(N)c(NS(=O)(=O)N2CCOCC2)cc1C. The molecule has 0 bridgehead atoms. The number of nitrogens with one attached hydrogen (secondary N) is 1. The van der Waals surface area contributed by atoms with Gasteiger partial charge in [0.2, 0.25) is 0 Å². The molecule has 0 atom stereocenters. The highest BCUT2D eigenvalue weighted by molar-refractivity contribution is 7.90. The van der Waals surface area contributed by atoms with Gasteiger partial charge in [0.15, 0.2) is 0 Å². The van der Waals surface area contributed by atoms with Gasteiger partial charge in [0, 0.05) is 13.1 Å². The van der Waals surface area contributed by atoms with Gasteiger partial charge in [-0.2, -0.15) is 12.7 Å². The summed E-state index contributed by atoms with van der Waals surface area (Å²) in [7, 11) is -3.57. The van der Waals surface area contributed by atoms with Crippen LogP contribution in [-0.4, -0.2) is 39.0 Å². The number of aryl methyl sites for hydroxylation is 2. The Hall–Kier alpha value is -1.31. The Bertz CT molecular complexity index is 566. The maximum atomic E-state index is 12.2. The highest BCUT2D eigenvalue weighted by Crippen LogP contribution is 2.24. The molecule has 3 N–H and O–H groups in total. The van der Waals surface area contributed by atoms with Crippen molar-refractivity contribution in [3.63, 3.8) is 0 Å². The van der Waals surface area contributed by atoms with E-state index in [0.29, 0.717) is 37.7 Å². The van der Waals surface area contributed by atoms with Crippen LogP contribution in [0.25, 0.3) is 0 Å². The van der Waals surface area contributed by atoms with Gasteiger partial charge in [0.25, 0.3) is 0 Å². The molecule has 1 aromatic rings. The largest absolute Gasteiger partial charge is 0.397 e. The lowest BCUT2D eigenvalue weighted by Crippen LogP contribution is -2.43. The van der Waals surface area contributed by atoms with Gasteiger partial charge in [-0.15, -0.1) is 0 Å². The Morgan fingerprint density at radius 2 is 1.79 bits per heavy atom. The van der Waals surface area contributed by atoms with E-state index in [1.165, 1.54) is 4.31 Å². The van der Waals surface area contributed by atoms with Crippen LogP contribution < -0.4 is 10.5 Å². The zero-order valence-corrected chi connectivity index (χ0v) is 12.0. The van der Waals surface area contributed by atoms with Gasteiger partial charge < -0.3 is 10.5 Å². The summed E-state index contributed by atoms with van der Waals surface area (Å²) in [5, 5.41) is 0. The Balaban J connectivity index is 2.22. The van der Waals surface area contributed by atoms with Crippen molar-refractivity contribution in [2.24, 2.45) is 0 Å². The van der Waals surface area contributed by atoms with E-state index in [1.807, 2.05) is 13.8 Å². The predicted molar refractivity (Wildman–Crippen MR) is 75.3 cm³/mol. The minimum absolute atomic E-state index is 0.361. The summed E-state index contributed by atoms with van der Waals surface area (Å²) in [6.07, 6.45) is 0. The third-order valence-electron chi connectivity index (χ3n) is 3.21. The fraction of sp³-hybridized carbons (Fsp3) is 0.500. The molecular formula is C12H19N3O3S. The second-order valence-electron chi connectivity index (χ2n) is 4.64. The Morgan fingerprint density at radius 1 is 1.21 bits per heavy atom. The number of nitrogen functional groups attached to an aromatic ring is 1. The normalized spacial score (nSPS) is 17.4. The number of anilines is 2. The maximum absolute atomic E-state index is 12.2. The minimum Gasteiger partial charge on any atom is -0.397 e. The highest BCUT2D eigenvalue weighted by Gasteiger charge is 2.24. The van der Waals surface area contributed by atoms with Crippen molar-refractivity contribution < 1.29 is 13.2 Å². The lowest BCUT2D eigenvalue weighted by Gasteiger charge is -2.26. The van der Waals surface area contributed by atoms with Crippen LogP contribution >= 0.6 is 0 Å². The molecule has 0 aromatic heterocycles. The molecule has 106 valence electrons. The number of hydrogen-bond acceptors (Lipinski definition) is 4. The average molecular weight is 285 g/mol. The van der Waals surface area contributed by atoms with Gasteiger partial charge in [-0.3, -0.25) is 4.72 Å².